The largest absolute Gasteiger partial charge is 0.355 e. The van der Waals surface area contributed by atoms with Gasteiger partial charge in [0, 0.05) is 76.0 Å². The minimum Gasteiger partial charge on any atom is -0.355 e. The molecule has 2 fully saturated rings. The highest BCUT2D eigenvalue weighted by Gasteiger charge is 2.43. The van der Waals surface area contributed by atoms with E-state index in [9.17, 15) is 9.59 Å². The molecule has 3 heterocycles. The standard InChI is InChI=1S/C17H28N6O2/c1-13(2)20-16(25)23-5-4-22(9-14-7-19-21(3)8-14)11-17(12-23)6-15(24)18-10-17/h7-8,13H,4-6,9-12H2,1-3H3,(H,18,24)(H,20,25)/t17-/m1/s1. The molecule has 25 heavy (non-hydrogen) atoms. The first-order chi connectivity index (χ1) is 11.8. The Labute approximate surface area is 148 Å². The molecule has 0 aliphatic carbocycles. The van der Waals surface area contributed by atoms with Crippen LogP contribution >= 0.6 is 0 Å². The van der Waals surface area contributed by atoms with Crippen LogP contribution < -0.4 is 10.6 Å². The molecule has 1 spiro atoms. The highest BCUT2D eigenvalue weighted by atomic mass is 16.2. The second kappa shape index (κ2) is 7.03. The molecule has 2 N–H and O–H groups in total. The smallest absolute Gasteiger partial charge is 0.317 e. The van der Waals surface area contributed by atoms with Gasteiger partial charge in [-0.15, -0.1) is 0 Å². The highest BCUT2D eigenvalue weighted by Crippen LogP contribution is 2.31. The summed E-state index contributed by atoms with van der Waals surface area (Å²) in [5, 5.41) is 10.2. The number of hydrogen-bond donors (Lipinski definition) is 2. The molecule has 1 aromatic heterocycles. The van der Waals surface area contributed by atoms with Gasteiger partial charge in [0.25, 0.3) is 0 Å². The van der Waals surface area contributed by atoms with Crippen molar-refractivity contribution in [1.29, 1.82) is 0 Å². The highest BCUT2D eigenvalue weighted by molar-refractivity contribution is 5.80. The van der Waals surface area contributed by atoms with E-state index in [0.29, 0.717) is 26.1 Å². The summed E-state index contributed by atoms with van der Waals surface area (Å²) in [7, 11) is 1.91. The van der Waals surface area contributed by atoms with Gasteiger partial charge in [-0.2, -0.15) is 5.10 Å². The van der Waals surface area contributed by atoms with E-state index in [1.165, 1.54) is 0 Å². The fourth-order valence-corrected chi connectivity index (χ4v) is 3.78. The molecule has 0 saturated carbocycles. The van der Waals surface area contributed by atoms with E-state index in [1.807, 2.05) is 38.2 Å². The first-order valence-corrected chi connectivity index (χ1v) is 8.87. The Morgan fingerprint density at radius 3 is 2.80 bits per heavy atom. The third-order valence-corrected chi connectivity index (χ3v) is 4.83. The van der Waals surface area contributed by atoms with Gasteiger partial charge in [-0.1, -0.05) is 0 Å². The second-order valence-corrected chi connectivity index (χ2v) is 7.71. The van der Waals surface area contributed by atoms with Crippen molar-refractivity contribution >= 4 is 11.9 Å². The Bertz CT molecular complexity index is 643. The van der Waals surface area contributed by atoms with Crippen molar-refractivity contribution < 1.29 is 9.59 Å². The lowest BCUT2D eigenvalue weighted by atomic mass is 9.86. The maximum Gasteiger partial charge on any atom is 0.317 e. The molecular weight excluding hydrogens is 320 g/mol. The van der Waals surface area contributed by atoms with Crippen LogP contribution in [0.1, 0.15) is 25.8 Å². The molecule has 3 amide bonds. The van der Waals surface area contributed by atoms with E-state index in [4.69, 9.17) is 0 Å². The molecule has 8 nitrogen and oxygen atoms in total. The monoisotopic (exact) mass is 348 g/mol. The summed E-state index contributed by atoms with van der Waals surface area (Å²) >= 11 is 0. The molecule has 1 atom stereocenters. The van der Waals surface area contributed by atoms with Crippen LogP contribution in [0.5, 0.6) is 0 Å². The third-order valence-electron chi connectivity index (χ3n) is 4.83. The van der Waals surface area contributed by atoms with Crippen LogP contribution in [0.2, 0.25) is 0 Å². The normalized spacial score (nSPS) is 24.6. The molecule has 2 saturated heterocycles. The number of aryl methyl sites for hydroxylation is 1. The summed E-state index contributed by atoms with van der Waals surface area (Å²) in [6.45, 7) is 8.18. The van der Waals surface area contributed by atoms with Gasteiger partial charge in [0.15, 0.2) is 0 Å². The van der Waals surface area contributed by atoms with Crippen LogP contribution in [0.15, 0.2) is 12.4 Å². The van der Waals surface area contributed by atoms with Crippen molar-refractivity contribution in [2.24, 2.45) is 12.5 Å². The zero-order valence-corrected chi connectivity index (χ0v) is 15.3. The summed E-state index contributed by atoms with van der Waals surface area (Å²) in [5.74, 6) is 0.0763. The van der Waals surface area contributed by atoms with Gasteiger partial charge in [0.1, 0.15) is 0 Å². The molecule has 138 valence electrons. The van der Waals surface area contributed by atoms with Crippen molar-refractivity contribution in [2.75, 3.05) is 32.7 Å². The van der Waals surface area contributed by atoms with E-state index in [0.717, 1.165) is 25.2 Å². The first kappa shape index (κ1) is 17.7. The summed E-state index contributed by atoms with van der Waals surface area (Å²) in [6.07, 6.45) is 4.36. The Balaban J connectivity index is 1.75. The quantitative estimate of drug-likeness (QED) is 0.815. The number of nitrogens with zero attached hydrogens (tertiary/aromatic N) is 4. The average Bonchev–Trinajstić information content (AvgIpc) is 3.02. The number of urea groups is 1. The predicted molar refractivity (Wildman–Crippen MR) is 93.8 cm³/mol. The predicted octanol–water partition coefficient (Wildman–Crippen LogP) is 0.162. The molecule has 2 aliphatic heterocycles. The van der Waals surface area contributed by atoms with Crippen LogP contribution in [0, 0.1) is 5.41 Å². The third kappa shape index (κ3) is 4.31. The summed E-state index contributed by atoms with van der Waals surface area (Å²) in [4.78, 5) is 28.6. The zero-order valence-electron chi connectivity index (χ0n) is 15.3. The van der Waals surface area contributed by atoms with E-state index in [2.05, 4.69) is 20.6 Å². The molecule has 1 aromatic rings. The van der Waals surface area contributed by atoms with Crippen LogP contribution in [0.25, 0.3) is 0 Å². The molecule has 0 aromatic carbocycles. The lowest BCUT2D eigenvalue weighted by Gasteiger charge is -2.33. The Kier molecular flexibility index (Phi) is 4.99. The lowest BCUT2D eigenvalue weighted by Crippen LogP contribution is -2.48. The van der Waals surface area contributed by atoms with Crippen molar-refractivity contribution in [1.82, 2.24) is 30.2 Å². The summed E-state index contributed by atoms with van der Waals surface area (Å²) in [6, 6.07) is 0.0542. The van der Waals surface area contributed by atoms with Crippen LogP contribution in [0.4, 0.5) is 4.79 Å². The van der Waals surface area contributed by atoms with Gasteiger partial charge in [-0.05, 0) is 13.8 Å². The Hall–Kier alpha value is -2.09. The minimum absolute atomic E-state index is 0.0445. The first-order valence-electron chi connectivity index (χ1n) is 8.87. The fourth-order valence-electron chi connectivity index (χ4n) is 3.78. The number of hydrogen-bond acceptors (Lipinski definition) is 4. The minimum atomic E-state index is -0.218. The number of rotatable bonds is 3. The molecule has 3 rings (SSSR count). The van der Waals surface area contributed by atoms with E-state index in [-0.39, 0.29) is 23.4 Å². The number of amides is 3. The van der Waals surface area contributed by atoms with E-state index >= 15 is 0 Å². The summed E-state index contributed by atoms with van der Waals surface area (Å²) < 4.78 is 1.80. The van der Waals surface area contributed by atoms with Crippen LogP contribution in [-0.2, 0) is 18.4 Å². The van der Waals surface area contributed by atoms with Gasteiger partial charge in [0.05, 0.1) is 6.20 Å². The van der Waals surface area contributed by atoms with Crippen molar-refractivity contribution in [2.45, 2.75) is 32.9 Å². The Morgan fingerprint density at radius 1 is 1.40 bits per heavy atom. The number of carbonyl (C=O) groups is 2. The average molecular weight is 348 g/mol. The molecular formula is C17H28N6O2. The number of aromatic nitrogens is 2. The number of carbonyl (C=O) groups excluding carboxylic acids is 2. The van der Waals surface area contributed by atoms with Gasteiger partial charge < -0.3 is 15.5 Å². The maximum atomic E-state index is 12.5. The van der Waals surface area contributed by atoms with Crippen LogP contribution in [0.3, 0.4) is 0 Å². The molecule has 0 unspecified atom stereocenters. The molecule has 8 heteroatoms. The SMILES string of the molecule is CC(C)NC(=O)N1CCN(Cc2cnn(C)c2)C[C@@]2(CNC(=O)C2)C1. The lowest BCUT2D eigenvalue weighted by molar-refractivity contribution is -0.119. The maximum absolute atomic E-state index is 12.5. The van der Waals surface area contributed by atoms with Gasteiger partial charge >= 0.3 is 6.03 Å². The van der Waals surface area contributed by atoms with Crippen LogP contribution in [-0.4, -0.2) is 70.3 Å². The molecule has 2 aliphatic rings. The summed E-state index contributed by atoms with van der Waals surface area (Å²) in [5.41, 5.74) is 0.930. The van der Waals surface area contributed by atoms with E-state index in [1.54, 1.807) is 4.68 Å². The Morgan fingerprint density at radius 2 is 2.20 bits per heavy atom. The van der Waals surface area contributed by atoms with Gasteiger partial charge in [-0.3, -0.25) is 14.4 Å². The second-order valence-electron chi connectivity index (χ2n) is 7.71. The van der Waals surface area contributed by atoms with Crippen molar-refractivity contribution in [3.63, 3.8) is 0 Å². The van der Waals surface area contributed by atoms with Gasteiger partial charge in [-0.25, -0.2) is 4.79 Å². The zero-order chi connectivity index (χ0) is 18.0. The molecule has 0 radical (unpaired) electrons. The van der Waals surface area contributed by atoms with E-state index < -0.39 is 0 Å². The molecule has 0 bridgehead atoms. The van der Waals surface area contributed by atoms with Crippen molar-refractivity contribution in [3.8, 4) is 0 Å². The number of nitrogens with one attached hydrogen (secondary N) is 2. The fraction of sp³-hybridized carbons (Fsp3) is 0.706. The van der Waals surface area contributed by atoms with Crippen molar-refractivity contribution in [3.05, 3.63) is 18.0 Å². The topological polar surface area (TPSA) is 82.5 Å². The van der Waals surface area contributed by atoms with Gasteiger partial charge in [0.2, 0.25) is 5.91 Å².